The highest BCUT2D eigenvalue weighted by molar-refractivity contribution is 6.33. The van der Waals surface area contributed by atoms with Crippen LogP contribution in [-0.4, -0.2) is 66.4 Å². The fourth-order valence-electron chi connectivity index (χ4n) is 4.46. The molecule has 11 heteroatoms. The molecule has 3 aromatic carbocycles. The maximum Gasteiger partial charge on any atom is 0.317 e. The first-order valence-electron chi connectivity index (χ1n) is 13.3. The Morgan fingerprint density at radius 1 is 0.902 bits per heavy atom. The van der Waals surface area contributed by atoms with Crippen LogP contribution in [0.4, 0.5) is 25.0 Å². The number of carbonyl (C=O) groups is 3. The van der Waals surface area contributed by atoms with Crippen LogP contribution in [0.25, 0.3) is 0 Å². The third-order valence-electron chi connectivity index (χ3n) is 6.57. The molecule has 0 aliphatic carbocycles. The molecule has 41 heavy (non-hydrogen) atoms. The van der Waals surface area contributed by atoms with Crippen molar-refractivity contribution in [2.75, 3.05) is 42.9 Å². The van der Waals surface area contributed by atoms with Crippen LogP contribution in [0.5, 0.6) is 0 Å². The molecule has 1 aliphatic rings. The lowest BCUT2D eigenvalue weighted by Gasteiger charge is -2.36. The number of nitrogens with one attached hydrogen (secondary N) is 2. The van der Waals surface area contributed by atoms with E-state index in [0.717, 1.165) is 5.69 Å². The van der Waals surface area contributed by atoms with Crippen LogP contribution >= 0.6 is 11.6 Å². The van der Waals surface area contributed by atoms with Crippen molar-refractivity contribution in [3.05, 3.63) is 94.5 Å². The lowest BCUT2D eigenvalue weighted by Crippen LogP contribution is -2.52. The van der Waals surface area contributed by atoms with E-state index in [1.165, 1.54) is 53.4 Å². The number of urea groups is 1. The molecule has 1 heterocycles. The second-order valence-electron chi connectivity index (χ2n) is 10.1. The van der Waals surface area contributed by atoms with Crippen molar-refractivity contribution in [3.8, 4) is 0 Å². The first-order valence-corrected chi connectivity index (χ1v) is 13.7. The topological polar surface area (TPSA) is 85.0 Å². The van der Waals surface area contributed by atoms with Crippen molar-refractivity contribution in [2.45, 2.75) is 26.4 Å². The molecule has 4 amide bonds. The van der Waals surface area contributed by atoms with Gasteiger partial charge in [-0.05, 0) is 74.0 Å². The highest BCUT2D eigenvalue weighted by Crippen LogP contribution is 2.28. The molecule has 0 unspecified atom stereocenters. The largest absolute Gasteiger partial charge is 0.368 e. The fraction of sp³-hybridized carbons (Fsp3) is 0.300. The van der Waals surface area contributed by atoms with Gasteiger partial charge >= 0.3 is 6.03 Å². The van der Waals surface area contributed by atoms with E-state index in [1.54, 1.807) is 17.0 Å². The highest BCUT2D eigenvalue weighted by atomic mass is 35.5. The van der Waals surface area contributed by atoms with Gasteiger partial charge in [-0.25, -0.2) is 13.6 Å². The van der Waals surface area contributed by atoms with E-state index < -0.39 is 23.4 Å². The summed E-state index contributed by atoms with van der Waals surface area (Å²) in [5.74, 6) is -1.88. The van der Waals surface area contributed by atoms with E-state index in [-0.39, 0.29) is 30.7 Å². The van der Waals surface area contributed by atoms with Crippen LogP contribution in [0.1, 0.15) is 29.8 Å². The second-order valence-corrected chi connectivity index (χ2v) is 10.5. The van der Waals surface area contributed by atoms with Crippen molar-refractivity contribution in [1.29, 1.82) is 0 Å². The number of hydrogen-bond acceptors (Lipinski definition) is 4. The van der Waals surface area contributed by atoms with E-state index in [0.29, 0.717) is 42.5 Å². The molecule has 1 saturated heterocycles. The predicted molar refractivity (Wildman–Crippen MR) is 155 cm³/mol. The Kier molecular flexibility index (Phi) is 9.78. The molecule has 1 fully saturated rings. The Morgan fingerprint density at radius 2 is 1.51 bits per heavy atom. The normalized spacial score (nSPS) is 13.2. The van der Waals surface area contributed by atoms with Crippen molar-refractivity contribution in [1.82, 2.24) is 15.1 Å². The molecule has 0 radical (unpaired) electrons. The molecule has 8 nitrogen and oxygen atoms in total. The minimum atomic E-state index is -0.489. The lowest BCUT2D eigenvalue weighted by atomic mass is 10.1. The number of halogens is 3. The molecular formula is C30H32ClF2N5O3. The minimum absolute atomic E-state index is 0.0341. The Bertz CT molecular complexity index is 1380. The van der Waals surface area contributed by atoms with E-state index in [4.69, 9.17) is 11.6 Å². The zero-order chi connectivity index (χ0) is 29.5. The minimum Gasteiger partial charge on any atom is -0.368 e. The van der Waals surface area contributed by atoms with Crippen LogP contribution < -0.4 is 15.5 Å². The van der Waals surface area contributed by atoms with Crippen LogP contribution in [-0.2, 0) is 11.3 Å². The molecule has 216 valence electrons. The maximum atomic E-state index is 13.4. The first-order chi connectivity index (χ1) is 19.6. The Balaban J connectivity index is 1.45. The average Bonchev–Trinajstić information content (AvgIpc) is 2.95. The van der Waals surface area contributed by atoms with E-state index in [1.807, 2.05) is 19.9 Å². The van der Waals surface area contributed by atoms with Crippen LogP contribution in [0, 0.1) is 11.6 Å². The van der Waals surface area contributed by atoms with Gasteiger partial charge in [0.1, 0.15) is 18.2 Å². The van der Waals surface area contributed by atoms with Gasteiger partial charge in [0.2, 0.25) is 5.91 Å². The Morgan fingerprint density at radius 3 is 2.12 bits per heavy atom. The van der Waals surface area contributed by atoms with Gasteiger partial charge in [0, 0.05) is 50.0 Å². The smallest absolute Gasteiger partial charge is 0.317 e. The number of rotatable bonds is 8. The van der Waals surface area contributed by atoms with E-state index >= 15 is 0 Å². The van der Waals surface area contributed by atoms with Crippen LogP contribution in [0.15, 0.2) is 66.7 Å². The standard InChI is InChI=1S/C30H32ClF2N5O3/c1-20(2)34-30(41)37-15-13-36(14-16-37)25-11-12-26(31)27(17-25)35-28(39)19-38(18-21-3-7-23(32)8-4-21)29(40)22-5-9-24(33)10-6-22/h3-12,17,20H,13-16,18-19H2,1-2H3,(H,34,41)(H,35,39). The highest BCUT2D eigenvalue weighted by Gasteiger charge is 2.23. The Labute approximate surface area is 242 Å². The zero-order valence-corrected chi connectivity index (χ0v) is 23.6. The Hall–Kier alpha value is -4.18. The molecule has 0 saturated carbocycles. The summed E-state index contributed by atoms with van der Waals surface area (Å²) in [5.41, 5.74) is 2.04. The fourth-order valence-corrected chi connectivity index (χ4v) is 4.62. The second kappa shape index (κ2) is 13.5. The number of hydrogen-bond donors (Lipinski definition) is 2. The summed E-state index contributed by atoms with van der Waals surface area (Å²) in [6.07, 6.45) is 0. The van der Waals surface area contributed by atoms with Gasteiger partial charge in [-0.2, -0.15) is 0 Å². The van der Waals surface area contributed by atoms with Crippen molar-refractivity contribution in [3.63, 3.8) is 0 Å². The number of amides is 4. The summed E-state index contributed by atoms with van der Waals surface area (Å²) in [5, 5.41) is 6.02. The van der Waals surface area contributed by atoms with Gasteiger partial charge < -0.3 is 25.3 Å². The zero-order valence-electron chi connectivity index (χ0n) is 22.9. The molecule has 0 bridgehead atoms. The number of nitrogens with zero attached hydrogens (tertiary/aromatic N) is 3. The molecule has 0 aromatic heterocycles. The maximum absolute atomic E-state index is 13.4. The summed E-state index contributed by atoms with van der Waals surface area (Å²) < 4.78 is 26.9. The van der Waals surface area contributed by atoms with Gasteiger partial charge in [-0.3, -0.25) is 9.59 Å². The van der Waals surface area contributed by atoms with Crippen LogP contribution in [0.2, 0.25) is 5.02 Å². The predicted octanol–water partition coefficient (Wildman–Crippen LogP) is 5.14. The van der Waals surface area contributed by atoms with Gasteiger partial charge in [0.05, 0.1) is 10.7 Å². The third-order valence-corrected chi connectivity index (χ3v) is 6.90. The molecule has 3 aromatic rings. The first kappa shape index (κ1) is 29.8. The van der Waals surface area contributed by atoms with Gasteiger partial charge in [0.15, 0.2) is 0 Å². The van der Waals surface area contributed by atoms with Crippen LogP contribution in [0.3, 0.4) is 0 Å². The van der Waals surface area contributed by atoms with Gasteiger partial charge in [-0.15, -0.1) is 0 Å². The quantitative estimate of drug-likeness (QED) is 0.385. The van der Waals surface area contributed by atoms with Crippen molar-refractivity contribution >= 4 is 40.8 Å². The molecule has 2 N–H and O–H groups in total. The monoisotopic (exact) mass is 583 g/mol. The van der Waals surface area contributed by atoms with Crippen molar-refractivity contribution in [2.24, 2.45) is 0 Å². The third kappa shape index (κ3) is 8.17. The van der Waals surface area contributed by atoms with E-state index in [2.05, 4.69) is 15.5 Å². The number of carbonyl (C=O) groups excluding carboxylic acids is 3. The van der Waals surface area contributed by atoms with Gasteiger partial charge in [-0.1, -0.05) is 23.7 Å². The van der Waals surface area contributed by atoms with Crippen molar-refractivity contribution < 1.29 is 23.2 Å². The number of piperazine rings is 1. The summed E-state index contributed by atoms with van der Waals surface area (Å²) in [6.45, 7) is 5.86. The number of benzene rings is 3. The summed E-state index contributed by atoms with van der Waals surface area (Å²) in [4.78, 5) is 43.9. The van der Waals surface area contributed by atoms with Gasteiger partial charge in [0.25, 0.3) is 5.91 Å². The summed E-state index contributed by atoms with van der Waals surface area (Å²) in [7, 11) is 0. The summed E-state index contributed by atoms with van der Waals surface area (Å²) in [6, 6.07) is 15.9. The van der Waals surface area contributed by atoms with E-state index in [9.17, 15) is 23.2 Å². The SMILES string of the molecule is CC(C)NC(=O)N1CCN(c2ccc(Cl)c(NC(=O)CN(Cc3ccc(F)cc3)C(=O)c3ccc(F)cc3)c2)CC1. The summed E-state index contributed by atoms with van der Waals surface area (Å²) >= 11 is 6.40. The number of anilines is 2. The molecule has 4 rings (SSSR count). The molecule has 0 spiro atoms. The average molecular weight is 584 g/mol. The molecular weight excluding hydrogens is 552 g/mol. The molecule has 1 aliphatic heterocycles. The lowest BCUT2D eigenvalue weighted by molar-refractivity contribution is -0.117. The molecule has 0 atom stereocenters.